The lowest BCUT2D eigenvalue weighted by Crippen LogP contribution is -2.52. The molecular formula is C17H24BrFN2O. The fourth-order valence-electron chi connectivity index (χ4n) is 3.18. The van der Waals surface area contributed by atoms with Crippen LogP contribution in [0.2, 0.25) is 0 Å². The summed E-state index contributed by atoms with van der Waals surface area (Å²) >= 11 is 3.31. The van der Waals surface area contributed by atoms with E-state index in [0.29, 0.717) is 16.6 Å². The highest BCUT2D eigenvalue weighted by Gasteiger charge is 2.33. The molecule has 0 atom stereocenters. The van der Waals surface area contributed by atoms with Crippen LogP contribution in [0.4, 0.5) is 4.39 Å². The highest BCUT2D eigenvalue weighted by Crippen LogP contribution is 2.30. The second kappa shape index (κ2) is 7.55. The Balaban J connectivity index is 2.08. The van der Waals surface area contributed by atoms with Crippen LogP contribution in [-0.4, -0.2) is 37.0 Å². The molecule has 1 aromatic rings. The van der Waals surface area contributed by atoms with E-state index in [-0.39, 0.29) is 11.4 Å². The topological polar surface area (TPSA) is 32.3 Å². The highest BCUT2D eigenvalue weighted by molar-refractivity contribution is 9.10. The summed E-state index contributed by atoms with van der Waals surface area (Å²) in [5.41, 5.74) is 0.355. The summed E-state index contributed by atoms with van der Waals surface area (Å²) in [5, 5.41) is 3.01. The maximum Gasteiger partial charge on any atom is 0.252 e. The third-order valence-corrected chi connectivity index (χ3v) is 5.43. The average Bonchev–Trinajstić information content (AvgIpc) is 2.74. The van der Waals surface area contributed by atoms with Crippen LogP contribution in [0.15, 0.2) is 22.7 Å². The first-order valence-corrected chi connectivity index (χ1v) is 8.65. The Hall–Kier alpha value is -0.940. The van der Waals surface area contributed by atoms with Crippen LogP contribution in [-0.2, 0) is 0 Å². The predicted molar refractivity (Wildman–Crippen MR) is 90.6 cm³/mol. The number of halogens is 2. The lowest BCUT2D eigenvalue weighted by atomic mass is 9.88. The molecule has 1 N–H and O–H groups in total. The molecule has 0 aliphatic heterocycles. The van der Waals surface area contributed by atoms with Gasteiger partial charge in [-0.2, -0.15) is 0 Å². The first-order chi connectivity index (χ1) is 10.4. The molecule has 1 aliphatic carbocycles. The molecule has 0 radical (unpaired) electrons. The van der Waals surface area contributed by atoms with Crippen molar-refractivity contribution in [2.24, 2.45) is 0 Å². The van der Waals surface area contributed by atoms with Gasteiger partial charge in [-0.25, -0.2) is 4.39 Å². The standard InChI is InChI=1S/C17H24BrFN2O/c1-21(2)17(9-5-3-4-6-10-17)12-20-16(22)14-11-13(19)7-8-15(14)18/h7-8,11H,3-6,9-10,12H2,1-2H3,(H,20,22). The molecule has 0 bridgehead atoms. The van der Waals surface area contributed by atoms with E-state index >= 15 is 0 Å². The molecule has 1 aliphatic rings. The molecule has 0 spiro atoms. The number of carbonyl (C=O) groups is 1. The molecule has 1 amide bonds. The summed E-state index contributed by atoms with van der Waals surface area (Å²) < 4.78 is 14.0. The molecule has 3 nitrogen and oxygen atoms in total. The zero-order valence-corrected chi connectivity index (χ0v) is 14.9. The van der Waals surface area contributed by atoms with Gasteiger partial charge in [-0.3, -0.25) is 4.79 Å². The van der Waals surface area contributed by atoms with Gasteiger partial charge < -0.3 is 10.2 Å². The van der Waals surface area contributed by atoms with Crippen LogP contribution in [0.5, 0.6) is 0 Å². The first kappa shape index (κ1) is 17.4. The minimum absolute atomic E-state index is 0.00591. The van der Waals surface area contributed by atoms with Gasteiger partial charge in [0.25, 0.3) is 5.91 Å². The number of benzene rings is 1. The zero-order valence-electron chi connectivity index (χ0n) is 13.3. The summed E-state index contributed by atoms with van der Waals surface area (Å²) in [6.07, 6.45) is 7.09. The number of hydrogen-bond acceptors (Lipinski definition) is 2. The van der Waals surface area contributed by atoms with Gasteiger partial charge in [-0.15, -0.1) is 0 Å². The summed E-state index contributed by atoms with van der Waals surface area (Å²) in [7, 11) is 4.16. The predicted octanol–water partition coefficient (Wildman–Crippen LogP) is 3.97. The van der Waals surface area contributed by atoms with Gasteiger partial charge in [0.2, 0.25) is 0 Å². The minimum Gasteiger partial charge on any atom is -0.350 e. The molecule has 1 fully saturated rings. The number of rotatable bonds is 4. The van der Waals surface area contributed by atoms with E-state index in [9.17, 15) is 9.18 Å². The fourth-order valence-corrected chi connectivity index (χ4v) is 3.61. The maximum atomic E-state index is 13.4. The van der Waals surface area contributed by atoms with Gasteiger partial charge >= 0.3 is 0 Å². The molecule has 0 heterocycles. The molecule has 5 heteroatoms. The van der Waals surface area contributed by atoms with Crippen LogP contribution >= 0.6 is 15.9 Å². The molecule has 22 heavy (non-hydrogen) atoms. The van der Waals surface area contributed by atoms with Crippen molar-refractivity contribution in [3.63, 3.8) is 0 Å². The zero-order chi connectivity index (χ0) is 16.2. The van der Waals surface area contributed by atoms with Crippen molar-refractivity contribution in [3.05, 3.63) is 34.1 Å². The third-order valence-electron chi connectivity index (χ3n) is 4.73. The minimum atomic E-state index is -0.398. The van der Waals surface area contributed by atoms with Crippen molar-refractivity contribution < 1.29 is 9.18 Å². The van der Waals surface area contributed by atoms with Gasteiger partial charge in [-0.1, -0.05) is 25.7 Å². The lowest BCUT2D eigenvalue weighted by molar-refractivity contribution is 0.0868. The Morgan fingerprint density at radius 3 is 2.50 bits per heavy atom. The van der Waals surface area contributed by atoms with Crippen molar-refractivity contribution in [2.45, 2.75) is 44.1 Å². The van der Waals surface area contributed by atoms with E-state index in [1.807, 2.05) is 0 Å². The highest BCUT2D eigenvalue weighted by atomic mass is 79.9. The number of likely N-dealkylation sites (N-methyl/N-ethyl adjacent to an activating group) is 1. The van der Waals surface area contributed by atoms with Crippen LogP contribution in [0.25, 0.3) is 0 Å². The van der Waals surface area contributed by atoms with Crippen LogP contribution in [0.1, 0.15) is 48.9 Å². The van der Waals surface area contributed by atoms with Gasteiger partial charge in [-0.05, 0) is 61.1 Å². The third kappa shape index (κ3) is 4.07. The molecule has 0 aromatic heterocycles. The van der Waals surface area contributed by atoms with Crippen molar-refractivity contribution in [1.29, 1.82) is 0 Å². The van der Waals surface area contributed by atoms with E-state index in [1.165, 1.54) is 37.8 Å². The van der Waals surface area contributed by atoms with Crippen molar-refractivity contribution in [1.82, 2.24) is 10.2 Å². The van der Waals surface area contributed by atoms with E-state index < -0.39 is 5.82 Å². The van der Waals surface area contributed by atoms with E-state index in [0.717, 1.165) is 12.8 Å². The molecule has 1 saturated carbocycles. The summed E-state index contributed by atoms with van der Waals surface area (Å²) in [4.78, 5) is 14.6. The Bertz CT molecular complexity index is 525. The molecule has 122 valence electrons. The van der Waals surface area contributed by atoms with Gasteiger partial charge in [0.05, 0.1) is 5.56 Å². The number of amides is 1. The van der Waals surface area contributed by atoms with Crippen molar-refractivity contribution >= 4 is 21.8 Å². The summed E-state index contributed by atoms with van der Waals surface area (Å²) in [6, 6.07) is 4.18. The average molecular weight is 371 g/mol. The number of hydrogen-bond donors (Lipinski definition) is 1. The summed E-state index contributed by atoms with van der Waals surface area (Å²) in [6.45, 7) is 0.599. The fraction of sp³-hybridized carbons (Fsp3) is 0.588. The van der Waals surface area contributed by atoms with Gasteiger partial charge in [0.1, 0.15) is 5.82 Å². The lowest BCUT2D eigenvalue weighted by Gasteiger charge is -2.39. The number of nitrogens with one attached hydrogen (secondary N) is 1. The largest absolute Gasteiger partial charge is 0.350 e. The number of nitrogens with zero attached hydrogens (tertiary/aromatic N) is 1. The van der Waals surface area contributed by atoms with Crippen molar-refractivity contribution in [2.75, 3.05) is 20.6 Å². The van der Waals surface area contributed by atoms with E-state index in [2.05, 4.69) is 40.2 Å². The smallest absolute Gasteiger partial charge is 0.252 e. The van der Waals surface area contributed by atoms with Gasteiger partial charge in [0.15, 0.2) is 0 Å². The number of carbonyl (C=O) groups excluding carboxylic acids is 1. The Morgan fingerprint density at radius 2 is 1.91 bits per heavy atom. The second-order valence-electron chi connectivity index (χ2n) is 6.34. The van der Waals surface area contributed by atoms with Crippen molar-refractivity contribution in [3.8, 4) is 0 Å². The molecule has 0 unspecified atom stereocenters. The molecular weight excluding hydrogens is 347 g/mol. The quantitative estimate of drug-likeness (QED) is 0.813. The molecule has 0 saturated heterocycles. The SMILES string of the molecule is CN(C)C1(CNC(=O)c2cc(F)ccc2Br)CCCCCC1. The molecule has 1 aromatic carbocycles. The van der Waals surface area contributed by atoms with Crippen LogP contribution < -0.4 is 5.32 Å². The van der Waals surface area contributed by atoms with Crippen LogP contribution in [0, 0.1) is 5.82 Å². The Morgan fingerprint density at radius 1 is 1.27 bits per heavy atom. The second-order valence-corrected chi connectivity index (χ2v) is 7.19. The van der Waals surface area contributed by atoms with Gasteiger partial charge in [0, 0.05) is 16.6 Å². The van der Waals surface area contributed by atoms with E-state index in [4.69, 9.17) is 0 Å². The Labute approximate surface area is 140 Å². The Kier molecular flexibility index (Phi) is 5.98. The molecule has 2 rings (SSSR count). The monoisotopic (exact) mass is 370 g/mol. The first-order valence-electron chi connectivity index (χ1n) is 7.85. The maximum absolute atomic E-state index is 13.4. The van der Waals surface area contributed by atoms with E-state index in [1.54, 1.807) is 6.07 Å². The summed E-state index contributed by atoms with van der Waals surface area (Å²) in [5.74, 6) is -0.623. The normalized spacial score (nSPS) is 18.0. The van der Waals surface area contributed by atoms with Crippen LogP contribution in [0.3, 0.4) is 0 Å².